The Balaban J connectivity index is 1.53. The van der Waals surface area contributed by atoms with E-state index in [9.17, 15) is 18.8 Å². The van der Waals surface area contributed by atoms with Crippen molar-refractivity contribution < 1.29 is 27.8 Å². The second kappa shape index (κ2) is 10.2. The van der Waals surface area contributed by atoms with Crippen molar-refractivity contribution in [1.82, 2.24) is 19.6 Å². The van der Waals surface area contributed by atoms with Crippen LogP contribution >= 0.6 is 0 Å². The van der Waals surface area contributed by atoms with Gasteiger partial charge < -0.3 is 19.3 Å². The zero-order chi connectivity index (χ0) is 27.1. The number of morpholine rings is 1. The fourth-order valence-electron chi connectivity index (χ4n) is 5.91. The summed E-state index contributed by atoms with van der Waals surface area (Å²) in [4.78, 5) is 42.7. The third-order valence-electron chi connectivity index (χ3n) is 7.68. The van der Waals surface area contributed by atoms with E-state index in [1.54, 1.807) is 17.0 Å². The Morgan fingerprint density at radius 3 is 2.56 bits per heavy atom. The Kier molecular flexibility index (Phi) is 6.59. The maximum absolute atomic E-state index is 15.4. The van der Waals surface area contributed by atoms with E-state index in [2.05, 4.69) is 5.10 Å². The first kappa shape index (κ1) is 25.2. The van der Waals surface area contributed by atoms with Gasteiger partial charge in [0.05, 0.1) is 31.5 Å². The number of amides is 2. The van der Waals surface area contributed by atoms with Gasteiger partial charge in [0.2, 0.25) is 11.2 Å². The maximum Gasteiger partial charge on any atom is 0.415 e. The van der Waals surface area contributed by atoms with E-state index in [1.807, 2.05) is 18.2 Å². The summed E-state index contributed by atoms with van der Waals surface area (Å²) in [6.07, 6.45) is 1.52. The van der Waals surface area contributed by atoms with Gasteiger partial charge in [-0.2, -0.15) is 5.10 Å². The summed E-state index contributed by atoms with van der Waals surface area (Å²) < 4.78 is 42.1. The molecule has 1 unspecified atom stereocenters. The highest BCUT2D eigenvalue weighted by Crippen LogP contribution is 2.46. The molecule has 0 saturated carbocycles. The van der Waals surface area contributed by atoms with E-state index >= 15 is 4.39 Å². The highest BCUT2D eigenvalue weighted by atomic mass is 19.2. The fourth-order valence-corrected chi connectivity index (χ4v) is 5.91. The van der Waals surface area contributed by atoms with Crippen molar-refractivity contribution >= 4 is 12.0 Å². The van der Waals surface area contributed by atoms with Gasteiger partial charge in [-0.1, -0.05) is 42.5 Å². The van der Waals surface area contributed by atoms with Crippen LogP contribution in [-0.2, 0) is 4.74 Å². The molecule has 0 aliphatic carbocycles. The summed E-state index contributed by atoms with van der Waals surface area (Å²) in [5.74, 6) is -3.66. The number of carbonyl (C=O) groups is 2. The van der Waals surface area contributed by atoms with E-state index in [1.165, 1.54) is 21.7 Å². The maximum atomic E-state index is 15.4. The summed E-state index contributed by atoms with van der Waals surface area (Å²) in [5.41, 5.74) is -0.108. The summed E-state index contributed by atoms with van der Waals surface area (Å²) in [5, 5.41) is 4.33. The predicted octanol–water partition coefficient (Wildman–Crippen LogP) is 3.34. The van der Waals surface area contributed by atoms with Crippen LogP contribution < -0.4 is 10.2 Å². The molecule has 0 N–H and O–H groups in total. The number of halogens is 2. The minimum Gasteiger partial charge on any atom is -0.403 e. The summed E-state index contributed by atoms with van der Waals surface area (Å²) in [6.45, 7) is 1.64. The third-order valence-corrected chi connectivity index (χ3v) is 7.68. The smallest absolute Gasteiger partial charge is 0.403 e. The van der Waals surface area contributed by atoms with Crippen LogP contribution in [0, 0.1) is 11.6 Å². The van der Waals surface area contributed by atoms with Gasteiger partial charge in [-0.15, -0.1) is 0 Å². The first-order valence-electron chi connectivity index (χ1n) is 12.9. The number of nitrogens with zero attached hydrogens (tertiary/aromatic N) is 4. The number of hydrogen-bond acceptors (Lipinski definition) is 6. The van der Waals surface area contributed by atoms with Gasteiger partial charge in [0.15, 0.2) is 17.3 Å². The highest BCUT2D eigenvalue weighted by molar-refractivity contribution is 5.97. The number of fused-ring (bicyclic) bond motifs is 2. The lowest BCUT2D eigenvalue weighted by atomic mass is 9.79. The fraction of sp³-hybridized carbons (Fsp3) is 0.357. The van der Waals surface area contributed by atoms with Crippen LogP contribution in [0.1, 0.15) is 46.4 Å². The van der Waals surface area contributed by atoms with Gasteiger partial charge in [0, 0.05) is 31.1 Å². The van der Waals surface area contributed by atoms with Crippen LogP contribution in [0.2, 0.25) is 0 Å². The topological polar surface area (TPSA) is 94.0 Å². The molecule has 2 fully saturated rings. The summed E-state index contributed by atoms with van der Waals surface area (Å²) in [7, 11) is 0. The van der Waals surface area contributed by atoms with Crippen molar-refractivity contribution in [3.8, 4) is 5.75 Å². The third kappa shape index (κ3) is 4.36. The number of hydrogen-bond donors (Lipinski definition) is 0. The van der Waals surface area contributed by atoms with Gasteiger partial charge in [-0.3, -0.25) is 9.59 Å². The van der Waals surface area contributed by atoms with Gasteiger partial charge in [-0.25, -0.2) is 18.3 Å². The average Bonchev–Trinajstić information content (AvgIpc) is 3.45. The first-order chi connectivity index (χ1) is 19.0. The zero-order valence-electron chi connectivity index (χ0n) is 21.0. The molecule has 0 bridgehead atoms. The van der Waals surface area contributed by atoms with Crippen LogP contribution in [-0.4, -0.2) is 70.5 Å². The van der Waals surface area contributed by atoms with Crippen molar-refractivity contribution in [2.45, 2.75) is 30.8 Å². The molecular formula is C28H26F2N4O5. The molecule has 39 heavy (non-hydrogen) atoms. The monoisotopic (exact) mass is 536 g/mol. The number of rotatable bonds is 4. The Labute approximate surface area is 222 Å². The van der Waals surface area contributed by atoms with E-state index < -0.39 is 52.8 Å². The van der Waals surface area contributed by atoms with Crippen LogP contribution in [0.15, 0.2) is 59.5 Å². The molecule has 11 heteroatoms. The van der Waals surface area contributed by atoms with Crippen molar-refractivity contribution in [3.05, 3.63) is 93.4 Å². The molecule has 0 spiro atoms. The first-order valence-corrected chi connectivity index (χ1v) is 12.9. The molecule has 2 aromatic carbocycles. The molecule has 9 nitrogen and oxygen atoms in total. The molecule has 4 heterocycles. The zero-order valence-corrected chi connectivity index (χ0v) is 21.0. The number of aromatic nitrogens is 2. The number of ether oxygens (including phenoxy) is 2. The Morgan fingerprint density at radius 2 is 1.79 bits per heavy atom. The van der Waals surface area contributed by atoms with Crippen LogP contribution in [0.25, 0.3) is 0 Å². The van der Waals surface area contributed by atoms with Crippen LogP contribution in [0.5, 0.6) is 5.75 Å². The molecule has 0 radical (unpaired) electrons. The molecule has 6 rings (SSSR count). The molecule has 2 saturated heterocycles. The molecule has 3 aromatic rings. The SMILES string of the molecule is O=C(Oc1c2n(ncc1=O)[C@@H](C(c1ccccc1)c1cccc(F)c1F)[C@H]1CCCN1C2=O)N1CCOCC1. The van der Waals surface area contributed by atoms with Crippen LogP contribution in [0.4, 0.5) is 13.6 Å². The Morgan fingerprint density at radius 1 is 1.03 bits per heavy atom. The van der Waals surface area contributed by atoms with Gasteiger partial charge in [-0.05, 0) is 24.5 Å². The molecule has 3 atom stereocenters. The highest BCUT2D eigenvalue weighted by Gasteiger charge is 2.49. The lowest BCUT2D eigenvalue weighted by Crippen LogP contribution is -2.51. The quantitative estimate of drug-likeness (QED) is 0.508. The van der Waals surface area contributed by atoms with E-state index in [4.69, 9.17) is 9.47 Å². The second-order valence-electron chi connectivity index (χ2n) is 9.83. The number of benzene rings is 2. The largest absolute Gasteiger partial charge is 0.415 e. The average molecular weight is 537 g/mol. The van der Waals surface area contributed by atoms with Gasteiger partial charge in [0.1, 0.15) is 0 Å². The van der Waals surface area contributed by atoms with Crippen molar-refractivity contribution in [1.29, 1.82) is 0 Å². The lowest BCUT2D eigenvalue weighted by molar-refractivity contribution is 0.0403. The van der Waals surface area contributed by atoms with Crippen molar-refractivity contribution in [2.24, 2.45) is 0 Å². The van der Waals surface area contributed by atoms with Gasteiger partial charge in [0.25, 0.3) is 5.91 Å². The second-order valence-corrected chi connectivity index (χ2v) is 9.83. The predicted molar refractivity (Wildman–Crippen MR) is 135 cm³/mol. The Bertz CT molecular complexity index is 1470. The summed E-state index contributed by atoms with van der Waals surface area (Å²) in [6, 6.07) is 12.0. The molecule has 3 aliphatic rings. The van der Waals surface area contributed by atoms with E-state index in [0.29, 0.717) is 38.2 Å². The molecular weight excluding hydrogens is 510 g/mol. The minimum atomic E-state index is -0.991. The van der Waals surface area contributed by atoms with Crippen molar-refractivity contribution in [3.63, 3.8) is 0 Å². The number of carbonyl (C=O) groups excluding carboxylic acids is 2. The summed E-state index contributed by atoms with van der Waals surface area (Å²) >= 11 is 0. The standard InChI is InChI=1S/C28H26F2N4O5/c29-19-9-4-8-18(23(19)30)22(17-6-2-1-3-7-17)24-20-10-5-11-33(20)27(36)25-26(21(35)16-31-34(24)25)39-28(37)32-12-14-38-15-13-32/h1-4,6-9,16,20,22,24H,5,10-15H2/t20-,22?,24-/m1/s1. The normalized spacial score (nSPS) is 21.3. The van der Waals surface area contributed by atoms with Crippen molar-refractivity contribution in [2.75, 3.05) is 32.8 Å². The van der Waals surface area contributed by atoms with Gasteiger partial charge >= 0.3 is 6.09 Å². The molecule has 202 valence electrons. The lowest BCUT2D eigenvalue weighted by Gasteiger charge is -2.42. The molecule has 1 aromatic heterocycles. The molecule has 3 aliphatic heterocycles. The molecule has 2 amide bonds. The van der Waals surface area contributed by atoms with E-state index in [-0.39, 0.29) is 24.3 Å². The van der Waals surface area contributed by atoms with Crippen LogP contribution in [0.3, 0.4) is 0 Å². The Hall–Kier alpha value is -4.12. The minimum absolute atomic E-state index is 0.103. The van der Waals surface area contributed by atoms with E-state index in [0.717, 1.165) is 12.3 Å².